The van der Waals surface area contributed by atoms with Crippen molar-refractivity contribution in [1.29, 1.82) is 0 Å². The van der Waals surface area contributed by atoms with Gasteiger partial charge < -0.3 is 14.5 Å². The van der Waals surface area contributed by atoms with Gasteiger partial charge in [0.05, 0.1) is 11.5 Å². The molecule has 0 spiro atoms. The van der Waals surface area contributed by atoms with Crippen molar-refractivity contribution in [3.8, 4) is 0 Å². The predicted octanol–water partition coefficient (Wildman–Crippen LogP) is 4.79. The van der Waals surface area contributed by atoms with Crippen molar-refractivity contribution in [2.75, 3.05) is 19.8 Å². The minimum absolute atomic E-state index is 0.0722. The van der Waals surface area contributed by atoms with Gasteiger partial charge >= 0.3 is 6.09 Å². The molecule has 6 heteroatoms. The second kappa shape index (κ2) is 8.19. The molecule has 2 amide bonds. The highest BCUT2D eigenvalue weighted by Crippen LogP contribution is 2.39. The van der Waals surface area contributed by atoms with Crippen LogP contribution in [0.25, 0.3) is 0 Å². The number of rotatable bonds is 4. The summed E-state index contributed by atoms with van der Waals surface area (Å²) < 4.78 is 19.1. The van der Waals surface area contributed by atoms with Gasteiger partial charge in [0.25, 0.3) is 0 Å². The van der Waals surface area contributed by atoms with Crippen molar-refractivity contribution in [2.45, 2.75) is 98.3 Å². The first kappa shape index (κ1) is 23.0. The van der Waals surface area contributed by atoms with E-state index in [4.69, 9.17) is 4.74 Å². The molecule has 1 saturated carbocycles. The van der Waals surface area contributed by atoms with Gasteiger partial charge in [-0.15, -0.1) is 0 Å². The Balaban J connectivity index is 2.16. The molecule has 1 atom stereocenters. The number of carbonyl (C=O) groups is 2. The minimum Gasteiger partial charge on any atom is -0.444 e. The van der Waals surface area contributed by atoms with E-state index in [-0.39, 0.29) is 24.1 Å². The van der Waals surface area contributed by atoms with E-state index in [9.17, 15) is 14.0 Å². The van der Waals surface area contributed by atoms with Gasteiger partial charge in [-0.2, -0.15) is 0 Å². The SMILES string of the molecule is CC1(C)CCC(N(C(=O)C(C)(C)CF)C2CCN(C(=O)OC(C)(C)C)C2)CC1. The van der Waals surface area contributed by atoms with Gasteiger partial charge in [0.1, 0.15) is 12.3 Å². The molecule has 0 N–H and O–H groups in total. The van der Waals surface area contributed by atoms with Crippen LogP contribution in [0.2, 0.25) is 0 Å². The number of halogens is 1. The second-order valence-electron chi connectivity index (χ2n) is 11.0. The molecule has 28 heavy (non-hydrogen) atoms. The standard InChI is InChI=1S/C22H39FN2O3/c1-20(2,3)28-19(27)24-13-10-17(14-24)25(18(26)22(6,7)15-23)16-8-11-21(4,5)12-9-16/h16-17H,8-15H2,1-7H3. The van der Waals surface area contributed by atoms with Crippen LogP contribution in [-0.4, -0.2) is 59.2 Å². The van der Waals surface area contributed by atoms with E-state index in [1.807, 2.05) is 25.7 Å². The third kappa shape index (κ3) is 5.60. The zero-order chi connectivity index (χ0) is 21.3. The topological polar surface area (TPSA) is 49.9 Å². The molecule has 1 saturated heterocycles. The van der Waals surface area contributed by atoms with E-state index in [0.717, 1.165) is 25.7 Å². The summed E-state index contributed by atoms with van der Waals surface area (Å²) in [4.78, 5) is 29.4. The Morgan fingerprint density at radius 2 is 1.64 bits per heavy atom. The van der Waals surface area contributed by atoms with Crippen molar-refractivity contribution < 1.29 is 18.7 Å². The average Bonchev–Trinajstić information content (AvgIpc) is 3.04. The van der Waals surface area contributed by atoms with Crippen molar-refractivity contribution >= 4 is 12.0 Å². The average molecular weight is 399 g/mol. The number of carbonyl (C=O) groups excluding carboxylic acids is 2. The summed E-state index contributed by atoms with van der Waals surface area (Å²) in [7, 11) is 0. The molecular formula is C22H39FN2O3. The maximum atomic E-state index is 13.6. The number of hydrogen-bond acceptors (Lipinski definition) is 3. The van der Waals surface area contributed by atoms with Crippen molar-refractivity contribution in [2.24, 2.45) is 10.8 Å². The number of nitrogens with zero attached hydrogens (tertiary/aromatic N) is 2. The van der Waals surface area contributed by atoms with Gasteiger partial charge in [0.15, 0.2) is 0 Å². The van der Waals surface area contributed by atoms with Crippen LogP contribution in [0, 0.1) is 10.8 Å². The highest BCUT2D eigenvalue weighted by Gasteiger charge is 2.44. The van der Waals surface area contributed by atoms with Crippen LogP contribution in [-0.2, 0) is 9.53 Å². The van der Waals surface area contributed by atoms with Gasteiger partial charge in [0, 0.05) is 19.1 Å². The van der Waals surface area contributed by atoms with Gasteiger partial charge in [-0.25, -0.2) is 9.18 Å². The van der Waals surface area contributed by atoms with E-state index < -0.39 is 17.7 Å². The zero-order valence-electron chi connectivity index (χ0n) is 18.8. The lowest BCUT2D eigenvalue weighted by atomic mass is 9.74. The Morgan fingerprint density at radius 1 is 1.07 bits per heavy atom. The highest BCUT2D eigenvalue weighted by molar-refractivity contribution is 5.83. The van der Waals surface area contributed by atoms with Crippen LogP contribution >= 0.6 is 0 Å². The van der Waals surface area contributed by atoms with Crippen LogP contribution < -0.4 is 0 Å². The first-order chi connectivity index (χ1) is 12.8. The predicted molar refractivity (Wildman–Crippen MR) is 109 cm³/mol. The third-order valence-corrected chi connectivity index (χ3v) is 6.06. The molecule has 0 aromatic rings. The summed E-state index contributed by atoms with van der Waals surface area (Å²) >= 11 is 0. The summed E-state index contributed by atoms with van der Waals surface area (Å²) in [6.07, 6.45) is 4.36. The third-order valence-electron chi connectivity index (χ3n) is 6.06. The molecule has 1 unspecified atom stereocenters. The number of amides is 2. The van der Waals surface area contributed by atoms with Crippen molar-refractivity contribution in [3.05, 3.63) is 0 Å². The Bertz CT molecular complexity index is 573. The molecule has 5 nitrogen and oxygen atoms in total. The van der Waals surface area contributed by atoms with Gasteiger partial charge in [0.2, 0.25) is 5.91 Å². The van der Waals surface area contributed by atoms with E-state index in [0.29, 0.717) is 24.9 Å². The quantitative estimate of drug-likeness (QED) is 0.684. The molecule has 1 aliphatic heterocycles. The minimum atomic E-state index is -1.04. The van der Waals surface area contributed by atoms with E-state index in [1.165, 1.54) is 0 Å². The molecule has 0 radical (unpaired) electrons. The van der Waals surface area contributed by atoms with Crippen LogP contribution in [0.1, 0.15) is 80.6 Å². The lowest BCUT2D eigenvalue weighted by Crippen LogP contribution is -2.54. The maximum absolute atomic E-state index is 13.6. The molecule has 2 rings (SSSR count). The van der Waals surface area contributed by atoms with Crippen molar-refractivity contribution in [3.63, 3.8) is 0 Å². The van der Waals surface area contributed by atoms with Gasteiger partial charge in [-0.05, 0) is 72.1 Å². The van der Waals surface area contributed by atoms with E-state index in [1.54, 1.807) is 18.7 Å². The Kier molecular flexibility index (Phi) is 6.72. The zero-order valence-corrected chi connectivity index (χ0v) is 18.8. The van der Waals surface area contributed by atoms with Crippen molar-refractivity contribution in [1.82, 2.24) is 9.80 Å². The van der Waals surface area contributed by atoms with E-state index >= 15 is 0 Å². The number of likely N-dealkylation sites (tertiary alicyclic amines) is 1. The number of ether oxygens (including phenoxy) is 1. The second-order valence-corrected chi connectivity index (χ2v) is 11.0. The maximum Gasteiger partial charge on any atom is 0.410 e. The molecular weight excluding hydrogens is 359 g/mol. The van der Waals surface area contributed by atoms with Gasteiger partial charge in [-0.1, -0.05) is 13.8 Å². The summed E-state index contributed by atoms with van der Waals surface area (Å²) in [6, 6.07) is 0.0481. The van der Waals surface area contributed by atoms with Crippen LogP contribution in [0.15, 0.2) is 0 Å². The van der Waals surface area contributed by atoms with Crippen LogP contribution in [0.5, 0.6) is 0 Å². The molecule has 2 fully saturated rings. The largest absolute Gasteiger partial charge is 0.444 e. The fraction of sp³-hybridized carbons (Fsp3) is 0.909. The Hall–Kier alpha value is -1.33. The van der Waals surface area contributed by atoms with Crippen LogP contribution in [0.3, 0.4) is 0 Å². The number of hydrogen-bond donors (Lipinski definition) is 0. The smallest absolute Gasteiger partial charge is 0.410 e. The molecule has 0 aromatic carbocycles. The highest BCUT2D eigenvalue weighted by atomic mass is 19.1. The van der Waals surface area contributed by atoms with Gasteiger partial charge in [-0.3, -0.25) is 4.79 Å². The fourth-order valence-corrected chi connectivity index (χ4v) is 4.16. The first-order valence-electron chi connectivity index (χ1n) is 10.6. The molecule has 0 aromatic heterocycles. The summed E-state index contributed by atoms with van der Waals surface area (Å²) in [5.74, 6) is -0.129. The number of alkyl halides is 1. The normalized spacial score (nSPS) is 23.6. The fourth-order valence-electron chi connectivity index (χ4n) is 4.16. The summed E-state index contributed by atoms with van der Waals surface area (Å²) in [5.41, 5.74) is -1.29. The molecule has 0 bridgehead atoms. The molecule has 1 aliphatic carbocycles. The monoisotopic (exact) mass is 398 g/mol. The van der Waals surface area contributed by atoms with Crippen LogP contribution in [0.4, 0.5) is 9.18 Å². The van der Waals surface area contributed by atoms with E-state index in [2.05, 4.69) is 13.8 Å². The Labute approximate surface area is 170 Å². The first-order valence-corrected chi connectivity index (χ1v) is 10.6. The summed E-state index contributed by atoms with van der Waals surface area (Å²) in [5, 5.41) is 0. The lowest BCUT2D eigenvalue weighted by molar-refractivity contribution is -0.147. The molecule has 162 valence electrons. The molecule has 2 aliphatic rings. The lowest BCUT2D eigenvalue weighted by Gasteiger charge is -2.45. The summed E-state index contributed by atoms with van der Waals surface area (Å²) in [6.45, 7) is 13.8. The Morgan fingerprint density at radius 3 is 2.14 bits per heavy atom. The molecule has 1 heterocycles.